The van der Waals surface area contributed by atoms with Gasteiger partial charge in [-0.2, -0.15) is 0 Å². The van der Waals surface area contributed by atoms with Gasteiger partial charge in [0.2, 0.25) is 0 Å². The van der Waals surface area contributed by atoms with Gasteiger partial charge in [0, 0.05) is 11.8 Å². The zero-order valence-corrected chi connectivity index (χ0v) is 12.7. The molecule has 0 saturated carbocycles. The summed E-state index contributed by atoms with van der Waals surface area (Å²) in [5, 5.41) is 13.6. The van der Waals surface area contributed by atoms with Crippen LogP contribution in [-0.4, -0.2) is 17.0 Å². The van der Waals surface area contributed by atoms with Crippen LogP contribution in [0.2, 0.25) is 5.02 Å². The number of halogens is 1. The van der Waals surface area contributed by atoms with E-state index in [4.69, 9.17) is 16.7 Å². The van der Waals surface area contributed by atoms with Crippen molar-refractivity contribution >= 4 is 46.6 Å². The van der Waals surface area contributed by atoms with Gasteiger partial charge in [-0.25, -0.2) is 4.79 Å². The number of hydrogen-bond acceptors (Lipinski definition) is 3. The number of carboxylic acid groups (broad SMARTS) is 1. The van der Waals surface area contributed by atoms with Gasteiger partial charge < -0.3 is 10.4 Å². The summed E-state index contributed by atoms with van der Waals surface area (Å²) in [6, 6.07) is 6.92. The second-order valence-electron chi connectivity index (χ2n) is 4.29. The molecule has 1 heterocycles. The largest absolute Gasteiger partial charge is 0.478 e. The summed E-state index contributed by atoms with van der Waals surface area (Å²) in [6.07, 6.45) is 2.59. The molecule has 1 amide bonds. The zero-order chi connectivity index (χ0) is 15.4. The van der Waals surface area contributed by atoms with Gasteiger partial charge >= 0.3 is 5.97 Å². The van der Waals surface area contributed by atoms with E-state index >= 15 is 0 Å². The van der Waals surface area contributed by atoms with Crippen LogP contribution in [0.25, 0.3) is 6.08 Å². The lowest BCUT2D eigenvalue weighted by Crippen LogP contribution is -2.10. The maximum Gasteiger partial charge on any atom is 0.328 e. The Morgan fingerprint density at radius 2 is 2.10 bits per heavy atom. The second-order valence-corrected chi connectivity index (χ2v) is 5.62. The van der Waals surface area contributed by atoms with Gasteiger partial charge in [0.05, 0.1) is 5.02 Å². The number of aliphatic carboxylic acids is 1. The first-order chi connectivity index (χ1) is 9.97. The number of thiophene rings is 1. The minimum Gasteiger partial charge on any atom is -0.478 e. The van der Waals surface area contributed by atoms with Gasteiger partial charge in [-0.15, -0.1) is 11.3 Å². The summed E-state index contributed by atoms with van der Waals surface area (Å²) in [7, 11) is 0. The van der Waals surface area contributed by atoms with Crippen molar-refractivity contribution in [3.63, 3.8) is 0 Å². The van der Waals surface area contributed by atoms with Crippen molar-refractivity contribution in [2.24, 2.45) is 0 Å². The average Bonchev–Trinajstić information content (AvgIpc) is 2.84. The number of aryl methyl sites for hydroxylation is 1. The molecule has 0 spiro atoms. The van der Waals surface area contributed by atoms with E-state index in [-0.39, 0.29) is 5.91 Å². The number of nitrogens with one attached hydrogen (secondary N) is 1. The number of hydrogen-bond donors (Lipinski definition) is 2. The fraction of sp³-hybridized carbons (Fsp3) is 0.0667. The summed E-state index contributed by atoms with van der Waals surface area (Å²) in [5.41, 5.74) is 2.28. The number of anilines is 1. The lowest BCUT2D eigenvalue weighted by molar-refractivity contribution is -0.131. The van der Waals surface area contributed by atoms with Crippen molar-refractivity contribution in [3.05, 3.63) is 56.7 Å². The topological polar surface area (TPSA) is 66.4 Å². The van der Waals surface area contributed by atoms with Crippen molar-refractivity contribution in [2.75, 3.05) is 5.32 Å². The van der Waals surface area contributed by atoms with Crippen LogP contribution in [0.3, 0.4) is 0 Å². The molecular formula is C15H12ClNO3S. The highest BCUT2D eigenvalue weighted by Gasteiger charge is 2.12. The van der Waals surface area contributed by atoms with Gasteiger partial charge in [-0.1, -0.05) is 17.7 Å². The van der Waals surface area contributed by atoms with Crippen LogP contribution in [0.5, 0.6) is 0 Å². The van der Waals surface area contributed by atoms with E-state index in [1.807, 2.05) is 6.92 Å². The fourth-order valence-corrected chi connectivity index (χ4v) is 2.78. The molecule has 0 radical (unpaired) electrons. The highest BCUT2D eigenvalue weighted by Crippen LogP contribution is 2.24. The second kappa shape index (κ2) is 6.56. The van der Waals surface area contributed by atoms with Gasteiger partial charge in [-0.3, -0.25) is 4.79 Å². The van der Waals surface area contributed by atoms with E-state index in [2.05, 4.69) is 5.32 Å². The minimum absolute atomic E-state index is 0.261. The smallest absolute Gasteiger partial charge is 0.328 e. The Kier molecular flexibility index (Phi) is 4.77. The van der Waals surface area contributed by atoms with Crippen molar-refractivity contribution in [1.82, 2.24) is 0 Å². The Labute approximate surface area is 130 Å². The Bertz CT molecular complexity index is 721. The van der Waals surface area contributed by atoms with E-state index in [1.165, 1.54) is 17.4 Å². The molecule has 0 saturated heterocycles. The average molecular weight is 322 g/mol. The summed E-state index contributed by atoms with van der Waals surface area (Å²) >= 11 is 7.19. The number of benzene rings is 1. The number of carbonyl (C=O) groups is 2. The third kappa shape index (κ3) is 3.93. The molecule has 0 aliphatic heterocycles. The van der Waals surface area contributed by atoms with E-state index in [9.17, 15) is 9.59 Å². The third-order valence-electron chi connectivity index (χ3n) is 2.76. The molecular weight excluding hydrogens is 310 g/mol. The van der Waals surface area contributed by atoms with Crippen LogP contribution in [0.4, 0.5) is 5.69 Å². The lowest BCUT2D eigenvalue weighted by atomic mass is 10.1. The molecule has 0 aliphatic carbocycles. The summed E-state index contributed by atoms with van der Waals surface area (Å²) in [5.74, 6) is -1.26. The molecule has 6 heteroatoms. The quantitative estimate of drug-likeness (QED) is 0.834. The van der Waals surface area contributed by atoms with Crippen LogP contribution in [-0.2, 0) is 4.79 Å². The van der Waals surface area contributed by atoms with Crippen LogP contribution in [0.1, 0.15) is 20.8 Å². The Balaban J connectivity index is 2.15. The molecule has 108 valence electrons. The molecule has 2 N–H and O–H groups in total. The van der Waals surface area contributed by atoms with Gasteiger partial charge in [-0.05, 0) is 47.7 Å². The van der Waals surface area contributed by atoms with Gasteiger partial charge in [0.15, 0.2) is 0 Å². The van der Waals surface area contributed by atoms with Crippen LogP contribution in [0, 0.1) is 6.92 Å². The number of carbonyl (C=O) groups excluding carboxylic acids is 1. The molecule has 2 rings (SSSR count). The first-order valence-electron chi connectivity index (χ1n) is 6.03. The van der Waals surface area contributed by atoms with E-state index in [0.29, 0.717) is 15.6 Å². The molecule has 2 aromatic rings. The molecule has 0 unspecified atom stereocenters. The van der Waals surface area contributed by atoms with Gasteiger partial charge in [0.1, 0.15) is 4.88 Å². The molecule has 1 aromatic heterocycles. The van der Waals surface area contributed by atoms with Crippen LogP contribution in [0.15, 0.2) is 35.7 Å². The first kappa shape index (κ1) is 15.3. The molecule has 0 atom stereocenters. The highest BCUT2D eigenvalue weighted by atomic mass is 35.5. The third-order valence-corrected chi connectivity index (χ3v) is 4.10. The van der Waals surface area contributed by atoms with E-state index in [1.54, 1.807) is 29.6 Å². The Hall–Kier alpha value is -2.11. The van der Waals surface area contributed by atoms with Crippen LogP contribution < -0.4 is 5.32 Å². The molecule has 4 nitrogen and oxygen atoms in total. The monoisotopic (exact) mass is 321 g/mol. The fourth-order valence-electron chi connectivity index (χ4n) is 1.75. The maximum atomic E-state index is 12.0. The molecule has 0 aliphatic rings. The normalized spacial score (nSPS) is 10.8. The molecule has 1 aromatic carbocycles. The zero-order valence-electron chi connectivity index (χ0n) is 11.1. The molecule has 0 bridgehead atoms. The van der Waals surface area contributed by atoms with Crippen LogP contribution >= 0.6 is 22.9 Å². The SMILES string of the molecule is Cc1cc(NC(=O)c2sccc2Cl)ccc1/C=C/C(=O)O. The lowest BCUT2D eigenvalue weighted by Gasteiger charge is -2.07. The number of carboxylic acids is 1. The summed E-state index contributed by atoms with van der Waals surface area (Å²) in [4.78, 5) is 23.0. The Morgan fingerprint density at radius 3 is 2.67 bits per heavy atom. The predicted molar refractivity (Wildman–Crippen MR) is 85.1 cm³/mol. The van der Waals surface area contributed by atoms with Crippen molar-refractivity contribution in [3.8, 4) is 0 Å². The van der Waals surface area contributed by atoms with Gasteiger partial charge in [0.25, 0.3) is 5.91 Å². The Morgan fingerprint density at radius 1 is 1.33 bits per heavy atom. The summed E-state index contributed by atoms with van der Waals surface area (Å²) < 4.78 is 0. The van der Waals surface area contributed by atoms with Crippen molar-refractivity contribution < 1.29 is 14.7 Å². The van der Waals surface area contributed by atoms with Crippen molar-refractivity contribution in [1.29, 1.82) is 0 Å². The van der Waals surface area contributed by atoms with Crippen molar-refractivity contribution in [2.45, 2.75) is 6.92 Å². The predicted octanol–water partition coefficient (Wildman–Crippen LogP) is 4.06. The summed E-state index contributed by atoms with van der Waals surface area (Å²) in [6.45, 7) is 1.84. The van der Waals surface area contributed by atoms with E-state index in [0.717, 1.165) is 17.2 Å². The van der Waals surface area contributed by atoms with E-state index < -0.39 is 5.97 Å². The first-order valence-corrected chi connectivity index (χ1v) is 7.29. The maximum absolute atomic E-state index is 12.0. The highest BCUT2D eigenvalue weighted by molar-refractivity contribution is 7.12. The minimum atomic E-state index is -1.00. The molecule has 21 heavy (non-hydrogen) atoms. The molecule has 0 fully saturated rings. The standard InChI is InChI=1S/C15H12ClNO3S/c1-9-8-11(4-2-10(9)3-5-13(18)19)17-15(20)14-12(16)6-7-21-14/h2-8H,1H3,(H,17,20)(H,18,19)/b5-3+. The number of amides is 1. The number of rotatable bonds is 4.